The first-order chi connectivity index (χ1) is 15.5. The molecule has 9 nitrogen and oxygen atoms in total. The summed E-state index contributed by atoms with van der Waals surface area (Å²) in [6, 6.07) is 15.8. The molecule has 0 aliphatic heterocycles. The third-order valence-electron chi connectivity index (χ3n) is 4.56. The van der Waals surface area contributed by atoms with E-state index in [0.717, 1.165) is 11.3 Å². The Morgan fingerprint density at radius 3 is 2.38 bits per heavy atom. The smallest absolute Gasteiger partial charge is 0.278 e. The van der Waals surface area contributed by atoms with Crippen molar-refractivity contribution in [3.8, 4) is 5.69 Å². The van der Waals surface area contributed by atoms with Crippen LogP contribution in [0.4, 0.5) is 5.69 Å². The standard InChI is InChI=1S/C22H19N7O2S/c1-14-3-9-17(10-4-14)29-18(13-32-22-24-11-2-12-25-22)19(27-28-29)21(31)26-16-7-5-15(6-8-16)20(23)30/h2-12H,13H2,1H3,(H2,23,30)(H,26,31). The zero-order chi connectivity index (χ0) is 22.5. The number of aromatic nitrogens is 5. The molecule has 2 aromatic carbocycles. The number of anilines is 1. The minimum atomic E-state index is -0.536. The number of rotatable bonds is 7. The van der Waals surface area contributed by atoms with Crippen molar-refractivity contribution in [3.05, 3.63) is 89.5 Å². The van der Waals surface area contributed by atoms with Gasteiger partial charge in [0.25, 0.3) is 5.91 Å². The van der Waals surface area contributed by atoms with Crippen LogP contribution in [0.1, 0.15) is 32.1 Å². The molecule has 4 aromatic rings. The van der Waals surface area contributed by atoms with E-state index in [-0.39, 0.29) is 5.69 Å². The molecular weight excluding hydrogens is 426 g/mol. The zero-order valence-electron chi connectivity index (χ0n) is 17.1. The monoisotopic (exact) mass is 445 g/mol. The summed E-state index contributed by atoms with van der Waals surface area (Å²) >= 11 is 1.38. The highest BCUT2D eigenvalue weighted by molar-refractivity contribution is 7.98. The van der Waals surface area contributed by atoms with Gasteiger partial charge in [0.1, 0.15) is 0 Å². The number of hydrogen-bond acceptors (Lipinski definition) is 7. The van der Waals surface area contributed by atoms with Crippen molar-refractivity contribution >= 4 is 29.3 Å². The van der Waals surface area contributed by atoms with Crippen molar-refractivity contribution in [2.24, 2.45) is 5.73 Å². The minimum Gasteiger partial charge on any atom is -0.366 e. The van der Waals surface area contributed by atoms with Gasteiger partial charge < -0.3 is 11.1 Å². The number of nitrogens with two attached hydrogens (primary N) is 1. The summed E-state index contributed by atoms with van der Waals surface area (Å²) < 4.78 is 1.64. The van der Waals surface area contributed by atoms with Crippen molar-refractivity contribution in [3.63, 3.8) is 0 Å². The first-order valence-electron chi connectivity index (χ1n) is 9.64. The molecule has 2 amide bonds. The van der Waals surface area contributed by atoms with Gasteiger partial charge in [0, 0.05) is 29.4 Å². The molecule has 32 heavy (non-hydrogen) atoms. The molecular formula is C22H19N7O2S. The number of carbonyl (C=O) groups is 2. The predicted octanol–water partition coefficient (Wildman–Crippen LogP) is 3.01. The fourth-order valence-electron chi connectivity index (χ4n) is 2.90. The van der Waals surface area contributed by atoms with E-state index < -0.39 is 11.8 Å². The highest BCUT2D eigenvalue weighted by Crippen LogP contribution is 2.23. The number of benzene rings is 2. The van der Waals surface area contributed by atoms with Crippen molar-refractivity contribution in [2.45, 2.75) is 17.8 Å². The quantitative estimate of drug-likeness (QED) is 0.330. The first-order valence-corrected chi connectivity index (χ1v) is 10.6. The Morgan fingerprint density at radius 1 is 1.03 bits per heavy atom. The minimum absolute atomic E-state index is 0.188. The maximum atomic E-state index is 13.0. The van der Waals surface area contributed by atoms with Crippen molar-refractivity contribution in [1.82, 2.24) is 25.0 Å². The molecule has 0 bridgehead atoms. The fraction of sp³-hybridized carbons (Fsp3) is 0.0909. The average Bonchev–Trinajstić information content (AvgIpc) is 3.23. The number of hydrogen-bond donors (Lipinski definition) is 2. The summed E-state index contributed by atoms with van der Waals surface area (Å²) in [7, 11) is 0. The van der Waals surface area contributed by atoms with Crippen LogP contribution in [0, 0.1) is 6.92 Å². The van der Waals surface area contributed by atoms with Gasteiger partial charge in [-0.15, -0.1) is 5.10 Å². The Hall–Kier alpha value is -4.05. The van der Waals surface area contributed by atoms with E-state index in [4.69, 9.17) is 5.73 Å². The summed E-state index contributed by atoms with van der Waals surface area (Å²) in [6.45, 7) is 2.00. The summed E-state index contributed by atoms with van der Waals surface area (Å²) in [5.41, 5.74) is 8.83. The predicted molar refractivity (Wildman–Crippen MR) is 121 cm³/mol. The molecule has 10 heteroatoms. The highest BCUT2D eigenvalue weighted by atomic mass is 32.2. The maximum Gasteiger partial charge on any atom is 0.278 e. The molecule has 0 spiro atoms. The third-order valence-corrected chi connectivity index (χ3v) is 5.45. The molecule has 2 aromatic heterocycles. The summed E-state index contributed by atoms with van der Waals surface area (Å²) in [6.07, 6.45) is 3.32. The van der Waals surface area contributed by atoms with Gasteiger partial charge in [-0.1, -0.05) is 34.7 Å². The molecule has 0 radical (unpaired) electrons. The molecule has 160 valence electrons. The highest BCUT2D eigenvalue weighted by Gasteiger charge is 2.21. The zero-order valence-corrected chi connectivity index (χ0v) is 17.9. The largest absolute Gasteiger partial charge is 0.366 e. The maximum absolute atomic E-state index is 13.0. The molecule has 4 rings (SSSR count). The molecule has 0 aliphatic carbocycles. The van der Waals surface area contributed by atoms with E-state index in [1.807, 2.05) is 31.2 Å². The van der Waals surface area contributed by atoms with E-state index >= 15 is 0 Å². The number of nitrogens with zero attached hydrogens (tertiary/aromatic N) is 5. The van der Waals surface area contributed by atoms with Gasteiger partial charge in [0.2, 0.25) is 5.91 Å². The molecule has 0 atom stereocenters. The molecule has 0 saturated carbocycles. The lowest BCUT2D eigenvalue weighted by Crippen LogP contribution is -2.16. The lowest BCUT2D eigenvalue weighted by Gasteiger charge is -2.09. The van der Waals surface area contributed by atoms with Gasteiger partial charge in [0.15, 0.2) is 10.9 Å². The van der Waals surface area contributed by atoms with Crippen molar-refractivity contribution in [1.29, 1.82) is 0 Å². The number of amides is 2. The Balaban J connectivity index is 1.63. The molecule has 0 fully saturated rings. The van der Waals surface area contributed by atoms with Gasteiger partial charge in [-0.05, 0) is 49.4 Å². The lowest BCUT2D eigenvalue weighted by molar-refractivity contribution is 0.0997. The van der Waals surface area contributed by atoms with Crippen LogP contribution in [0.25, 0.3) is 5.69 Å². The normalized spacial score (nSPS) is 10.7. The van der Waals surface area contributed by atoms with Gasteiger partial charge in [-0.2, -0.15) is 0 Å². The van der Waals surface area contributed by atoms with Gasteiger partial charge in [-0.25, -0.2) is 14.6 Å². The number of aryl methyl sites for hydroxylation is 1. The Morgan fingerprint density at radius 2 is 1.72 bits per heavy atom. The van der Waals surface area contributed by atoms with Gasteiger partial charge in [0.05, 0.1) is 11.4 Å². The summed E-state index contributed by atoms with van der Waals surface area (Å²) in [5.74, 6) is -0.569. The SMILES string of the molecule is Cc1ccc(-n2nnc(C(=O)Nc3ccc(C(N)=O)cc3)c2CSc2ncccn2)cc1. The molecule has 0 saturated heterocycles. The lowest BCUT2D eigenvalue weighted by atomic mass is 10.2. The summed E-state index contributed by atoms with van der Waals surface area (Å²) in [5, 5.41) is 11.7. The second-order valence-electron chi connectivity index (χ2n) is 6.85. The topological polar surface area (TPSA) is 129 Å². The van der Waals surface area contributed by atoms with Crippen LogP contribution in [0.2, 0.25) is 0 Å². The van der Waals surface area contributed by atoms with Crippen LogP contribution in [0.15, 0.2) is 72.1 Å². The average molecular weight is 446 g/mol. The van der Waals surface area contributed by atoms with Crippen molar-refractivity contribution < 1.29 is 9.59 Å². The number of nitrogens with one attached hydrogen (secondary N) is 1. The fourth-order valence-corrected chi connectivity index (χ4v) is 3.70. The van der Waals surface area contributed by atoms with Gasteiger partial charge >= 0.3 is 0 Å². The number of primary amides is 1. The Kier molecular flexibility index (Phi) is 6.22. The number of thioether (sulfide) groups is 1. The Bertz CT molecular complexity index is 1240. The molecule has 0 aliphatic rings. The van der Waals surface area contributed by atoms with E-state index in [1.54, 1.807) is 47.4 Å². The van der Waals surface area contributed by atoms with Crippen molar-refractivity contribution in [2.75, 3.05) is 5.32 Å². The van der Waals surface area contributed by atoms with Crippen LogP contribution in [-0.4, -0.2) is 36.8 Å². The summed E-state index contributed by atoms with van der Waals surface area (Å²) in [4.78, 5) is 32.7. The van der Waals surface area contributed by atoms with E-state index in [9.17, 15) is 9.59 Å². The third kappa shape index (κ3) is 4.81. The van der Waals surface area contributed by atoms with Crippen LogP contribution >= 0.6 is 11.8 Å². The van der Waals surface area contributed by atoms with E-state index in [2.05, 4.69) is 25.6 Å². The first kappa shape index (κ1) is 21.2. The van der Waals surface area contributed by atoms with Crippen LogP contribution in [0.5, 0.6) is 0 Å². The van der Waals surface area contributed by atoms with Crippen LogP contribution in [0.3, 0.4) is 0 Å². The second kappa shape index (κ2) is 9.40. The Labute approximate surface area is 188 Å². The molecule has 0 unspecified atom stereocenters. The van der Waals surface area contributed by atoms with E-state index in [1.165, 1.54) is 11.8 Å². The number of carbonyl (C=O) groups excluding carboxylic acids is 2. The molecule has 2 heterocycles. The second-order valence-corrected chi connectivity index (χ2v) is 7.79. The van der Waals surface area contributed by atoms with Gasteiger partial charge in [-0.3, -0.25) is 9.59 Å². The van der Waals surface area contributed by atoms with Crippen LogP contribution < -0.4 is 11.1 Å². The molecule has 3 N–H and O–H groups in total. The van der Waals surface area contributed by atoms with Crippen LogP contribution in [-0.2, 0) is 5.75 Å². The van der Waals surface area contributed by atoms with E-state index in [0.29, 0.717) is 27.9 Å².